The summed E-state index contributed by atoms with van der Waals surface area (Å²) in [5, 5.41) is 21.9. The molecule has 11 heteroatoms. The van der Waals surface area contributed by atoms with Gasteiger partial charge in [-0.05, 0) is 19.9 Å². The maximum Gasteiger partial charge on any atom is 0.350 e. The van der Waals surface area contributed by atoms with Gasteiger partial charge in [-0.3, -0.25) is 20.2 Å². The second-order valence-corrected chi connectivity index (χ2v) is 6.67. The third-order valence-electron chi connectivity index (χ3n) is 2.79. The molecule has 0 spiro atoms. The van der Waals surface area contributed by atoms with Gasteiger partial charge in [-0.2, -0.15) is 0 Å². The molecule has 0 saturated heterocycles. The standard InChI is InChI=1S/C13H11N3O6S2/c1-3-22-12(17)11-7(2)14-13(24-11)23-10-5-4-8(15(18)19)6-9(10)16(20)21/h4-6H,3H2,1-2H3. The van der Waals surface area contributed by atoms with Crippen molar-refractivity contribution < 1.29 is 19.4 Å². The smallest absolute Gasteiger partial charge is 0.350 e. The fourth-order valence-electron chi connectivity index (χ4n) is 1.74. The first kappa shape index (κ1) is 17.8. The molecule has 0 bridgehead atoms. The van der Waals surface area contributed by atoms with Crippen molar-refractivity contribution in [2.45, 2.75) is 23.1 Å². The number of ether oxygens (including phenoxy) is 1. The number of carbonyl (C=O) groups excluding carboxylic acids is 1. The number of aryl methyl sites for hydroxylation is 1. The van der Waals surface area contributed by atoms with Gasteiger partial charge >= 0.3 is 5.97 Å². The van der Waals surface area contributed by atoms with Crippen LogP contribution in [-0.4, -0.2) is 27.4 Å². The molecule has 9 nitrogen and oxygen atoms in total. The normalized spacial score (nSPS) is 10.4. The number of rotatable bonds is 6. The highest BCUT2D eigenvalue weighted by molar-refractivity contribution is 8.01. The van der Waals surface area contributed by atoms with Gasteiger partial charge in [0.15, 0.2) is 4.34 Å². The summed E-state index contributed by atoms with van der Waals surface area (Å²) in [4.78, 5) is 37.0. The molecule has 24 heavy (non-hydrogen) atoms. The average Bonchev–Trinajstić information content (AvgIpc) is 2.88. The van der Waals surface area contributed by atoms with E-state index in [1.165, 1.54) is 12.1 Å². The van der Waals surface area contributed by atoms with E-state index in [-0.39, 0.29) is 22.9 Å². The number of thiazole rings is 1. The molecule has 1 aromatic heterocycles. The van der Waals surface area contributed by atoms with Gasteiger partial charge in [-0.15, -0.1) is 11.3 Å². The number of aromatic nitrogens is 1. The zero-order valence-electron chi connectivity index (χ0n) is 12.5. The third kappa shape index (κ3) is 3.86. The number of carbonyl (C=O) groups is 1. The van der Waals surface area contributed by atoms with Crippen LogP contribution in [0.1, 0.15) is 22.3 Å². The monoisotopic (exact) mass is 369 g/mol. The highest BCUT2D eigenvalue weighted by atomic mass is 32.2. The molecule has 0 saturated carbocycles. The van der Waals surface area contributed by atoms with Crippen LogP contribution in [0.3, 0.4) is 0 Å². The first-order chi connectivity index (χ1) is 11.3. The molecule has 2 rings (SSSR count). The van der Waals surface area contributed by atoms with Crippen LogP contribution >= 0.6 is 23.1 Å². The predicted octanol–water partition coefficient (Wildman–Crippen LogP) is 3.60. The number of nitro benzene ring substituents is 2. The van der Waals surface area contributed by atoms with Crippen LogP contribution in [0, 0.1) is 27.2 Å². The summed E-state index contributed by atoms with van der Waals surface area (Å²) in [6, 6.07) is 3.37. The Bertz CT molecular complexity index is 820. The van der Waals surface area contributed by atoms with Crippen molar-refractivity contribution in [3.05, 3.63) is 49.0 Å². The van der Waals surface area contributed by atoms with Crippen molar-refractivity contribution >= 4 is 40.4 Å². The van der Waals surface area contributed by atoms with Gasteiger partial charge in [0.2, 0.25) is 0 Å². The van der Waals surface area contributed by atoms with E-state index in [0.29, 0.717) is 14.9 Å². The quantitative estimate of drug-likeness (QED) is 0.429. The van der Waals surface area contributed by atoms with Gasteiger partial charge in [0.25, 0.3) is 11.4 Å². The lowest BCUT2D eigenvalue weighted by molar-refractivity contribution is -0.396. The van der Waals surface area contributed by atoms with E-state index in [2.05, 4.69) is 4.98 Å². The molecule has 126 valence electrons. The Kier molecular flexibility index (Phi) is 5.46. The summed E-state index contributed by atoms with van der Waals surface area (Å²) in [7, 11) is 0. The van der Waals surface area contributed by atoms with Gasteiger partial charge in [0.1, 0.15) is 4.88 Å². The van der Waals surface area contributed by atoms with E-state index in [1.807, 2.05) is 0 Å². The molecule has 2 aromatic rings. The lowest BCUT2D eigenvalue weighted by Gasteiger charge is -2.00. The van der Waals surface area contributed by atoms with Crippen LogP contribution in [0.5, 0.6) is 0 Å². The SMILES string of the molecule is CCOC(=O)c1sc(Sc2ccc([N+](=O)[O-])cc2[N+](=O)[O-])nc1C. The van der Waals surface area contributed by atoms with E-state index >= 15 is 0 Å². The summed E-state index contributed by atoms with van der Waals surface area (Å²) in [5.74, 6) is -0.502. The zero-order chi connectivity index (χ0) is 17.9. The van der Waals surface area contributed by atoms with Crippen LogP contribution in [0.15, 0.2) is 27.4 Å². The topological polar surface area (TPSA) is 125 Å². The Hall–Kier alpha value is -2.53. The molecule has 0 aliphatic carbocycles. The number of esters is 1. The molecule has 0 radical (unpaired) electrons. The number of benzene rings is 1. The molecule has 0 fully saturated rings. The number of hydrogen-bond acceptors (Lipinski definition) is 9. The van der Waals surface area contributed by atoms with E-state index in [9.17, 15) is 25.0 Å². The highest BCUT2D eigenvalue weighted by Crippen LogP contribution is 2.39. The van der Waals surface area contributed by atoms with E-state index in [1.54, 1.807) is 13.8 Å². The zero-order valence-corrected chi connectivity index (χ0v) is 14.2. The van der Waals surface area contributed by atoms with E-state index in [0.717, 1.165) is 29.2 Å². The molecular formula is C13H11N3O6S2. The Labute approximate surface area is 144 Å². The van der Waals surface area contributed by atoms with Gasteiger partial charge in [0.05, 0.1) is 33.1 Å². The summed E-state index contributed by atoms with van der Waals surface area (Å²) in [6.07, 6.45) is 0. The van der Waals surface area contributed by atoms with Crippen molar-refractivity contribution in [3.63, 3.8) is 0 Å². The fraction of sp³-hybridized carbons (Fsp3) is 0.231. The third-order valence-corrected chi connectivity index (χ3v) is 5.05. The molecule has 0 amide bonds. The first-order valence-electron chi connectivity index (χ1n) is 6.58. The maximum absolute atomic E-state index is 11.8. The Morgan fingerprint density at radius 1 is 1.33 bits per heavy atom. The highest BCUT2D eigenvalue weighted by Gasteiger charge is 2.23. The van der Waals surface area contributed by atoms with Crippen molar-refractivity contribution in [3.8, 4) is 0 Å². The molecule has 1 heterocycles. The summed E-state index contributed by atoms with van der Waals surface area (Å²) in [6.45, 7) is 3.55. The number of nitrogens with zero attached hydrogens (tertiary/aromatic N) is 3. The second-order valence-electron chi connectivity index (χ2n) is 4.38. The second kappa shape index (κ2) is 7.36. The van der Waals surface area contributed by atoms with Gasteiger partial charge in [-0.25, -0.2) is 9.78 Å². The van der Waals surface area contributed by atoms with Crippen molar-refractivity contribution in [2.75, 3.05) is 6.61 Å². The van der Waals surface area contributed by atoms with Crippen molar-refractivity contribution in [1.29, 1.82) is 0 Å². The van der Waals surface area contributed by atoms with Crippen LogP contribution in [0.4, 0.5) is 11.4 Å². The molecule has 0 unspecified atom stereocenters. The minimum Gasteiger partial charge on any atom is -0.462 e. The Morgan fingerprint density at radius 2 is 2.04 bits per heavy atom. The lowest BCUT2D eigenvalue weighted by atomic mass is 10.3. The molecular weight excluding hydrogens is 358 g/mol. The number of non-ortho nitro benzene ring substituents is 1. The van der Waals surface area contributed by atoms with E-state index in [4.69, 9.17) is 4.74 Å². The summed E-state index contributed by atoms with van der Waals surface area (Å²) >= 11 is 2.02. The van der Waals surface area contributed by atoms with Crippen LogP contribution < -0.4 is 0 Å². The average molecular weight is 369 g/mol. The van der Waals surface area contributed by atoms with Gasteiger partial charge in [-0.1, -0.05) is 11.8 Å². The maximum atomic E-state index is 11.8. The molecule has 0 N–H and O–H groups in total. The lowest BCUT2D eigenvalue weighted by Crippen LogP contribution is -2.03. The number of nitro groups is 2. The van der Waals surface area contributed by atoms with Crippen LogP contribution in [0.2, 0.25) is 0 Å². The minimum atomic E-state index is -0.701. The number of hydrogen-bond donors (Lipinski definition) is 0. The Balaban J connectivity index is 2.34. The first-order valence-corrected chi connectivity index (χ1v) is 8.22. The van der Waals surface area contributed by atoms with Crippen LogP contribution in [-0.2, 0) is 4.74 Å². The predicted molar refractivity (Wildman–Crippen MR) is 86.7 cm³/mol. The van der Waals surface area contributed by atoms with Gasteiger partial charge in [0, 0.05) is 6.07 Å². The van der Waals surface area contributed by atoms with Gasteiger partial charge < -0.3 is 4.74 Å². The molecule has 0 aliphatic heterocycles. The summed E-state index contributed by atoms with van der Waals surface area (Å²) in [5.41, 5.74) is -0.293. The van der Waals surface area contributed by atoms with Crippen molar-refractivity contribution in [1.82, 2.24) is 4.98 Å². The van der Waals surface area contributed by atoms with Crippen molar-refractivity contribution in [2.24, 2.45) is 0 Å². The summed E-state index contributed by atoms with van der Waals surface area (Å²) < 4.78 is 5.33. The Morgan fingerprint density at radius 3 is 2.62 bits per heavy atom. The fourth-order valence-corrected chi connectivity index (χ4v) is 3.87. The van der Waals surface area contributed by atoms with E-state index < -0.39 is 15.8 Å². The largest absolute Gasteiger partial charge is 0.462 e. The molecule has 0 atom stereocenters. The molecule has 1 aromatic carbocycles. The minimum absolute atomic E-state index is 0.203. The molecule has 0 aliphatic rings. The van der Waals surface area contributed by atoms with Crippen LogP contribution in [0.25, 0.3) is 0 Å².